The number of sulfone groups is 1. The summed E-state index contributed by atoms with van der Waals surface area (Å²) in [6.45, 7) is -0.158. The highest BCUT2D eigenvalue weighted by Gasteiger charge is 2.09. The van der Waals surface area contributed by atoms with Crippen LogP contribution < -0.4 is 4.74 Å². The van der Waals surface area contributed by atoms with Gasteiger partial charge in [-0.05, 0) is 12.1 Å². The topological polar surface area (TPSA) is 43.4 Å². The maximum atomic E-state index is 12.8. The molecule has 17 heavy (non-hydrogen) atoms. The lowest BCUT2D eigenvalue weighted by Crippen LogP contribution is -2.16. The minimum atomic E-state index is -3.35. The van der Waals surface area contributed by atoms with Gasteiger partial charge in [0.25, 0.3) is 0 Å². The summed E-state index contributed by atoms with van der Waals surface area (Å²) in [5.41, 5.74) is 0. The quantitative estimate of drug-likeness (QED) is 0.751. The van der Waals surface area contributed by atoms with Gasteiger partial charge in [-0.2, -0.15) is 0 Å². The number of ether oxygens (including phenoxy) is 1. The monoisotopic (exact) mass is 260 g/mol. The summed E-state index contributed by atoms with van der Waals surface area (Å²) in [6.07, 6.45) is 4.87. The first-order valence-corrected chi connectivity index (χ1v) is 6.48. The fraction of sp³-hybridized carbons (Fsp3) is 0.273. The zero-order valence-electron chi connectivity index (χ0n) is 8.82. The van der Waals surface area contributed by atoms with Gasteiger partial charge in [0.2, 0.25) is 0 Å². The summed E-state index contributed by atoms with van der Waals surface area (Å²) in [4.78, 5) is 0. The molecule has 6 heteroatoms. The van der Waals surface area contributed by atoms with Gasteiger partial charge < -0.3 is 4.74 Å². The van der Waals surface area contributed by atoms with Crippen LogP contribution in [0.5, 0.6) is 5.75 Å². The van der Waals surface area contributed by atoms with E-state index in [1.807, 2.05) is 5.92 Å². The molecule has 0 heterocycles. The summed E-state index contributed by atoms with van der Waals surface area (Å²) in [7, 11) is -3.35. The summed E-state index contributed by atoms with van der Waals surface area (Å²) >= 11 is 0. The zero-order chi connectivity index (χ0) is 12.9. The molecule has 1 rings (SSSR count). The highest BCUT2D eigenvalue weighted by atomic mass is 32.2. The molecule has 0 saturated heterocycles. The zero-order valence-corrected chi connectivity index (χ0v) is 9.64. The number of hydrogen-bond donors (Lipinski definition) is 0. The van der Waals surface area contributed by atoms with Crippen LogP contribution in [0, 0.1) is 24.0 Å². The number of benzene rings is 1. The van der Waals surface area contributed by atoms with Gasteiger partial charge >= 0.3 is 0 Å². The molecule has 0 amide bonds. The molecule has 3 nitrogen and oxygen atoms in total. The molecule has 92 valence electrons. The molecule has 0 N–H and O–H groups in total. The Bertz CT molecular complexity index is 532. The van der Waals surface area contributed by atoms with Crippen LogP contribution in [-0.4, -0.2) is 26.5 Å². The number of rotatable bonds is 5. The van der Waals surface area contributed by atoms with E-state index in [0.29, 0.717) is 0 Å². The second kappa shape index (κ2) is 5.64. The van der Waals surface area contributed by atoms with E-state index in [2.05, 4.69) is 0 Å². The molecule has 1 aromatic rings. The molecular formula is C11H10F2O3S. The van der Waals surface area contributed by atoms with E-state index in [4.69, 9.17) is 11.2 Å². The van der Waals surface area contributed by atoms with Crippen molar-refractivity contribution in [2.24, 2.45) is 0 Å². The smallest absolute Gasteiger partial charge is 0.164 e. The van der Waals surface area contributed by atoms with Gasteiger partial charge in [0.15, 0.2) is 21.5 Å². The van der Waals surface area contributed by atoms with E-state index in [0.717, 1.165) is 12.1 Å². The minimum Gasteiger partial charge on any atom is -0.492 e. The van der Waals surface area contributed by atoms with Crippen LogP contribution in [0.1, 0.15) is 0 Å². The average Bonchev–Trinajstić information content (AvgIpc) is 2.23. The van der Waals surface area contributed by atoms with Gasteiger partial charge in [0.1, 0.15) is 18.1 Å². The Hall–Kier alpha value is -1.61. The molecule has 0 atom stereocenters. The molecule has 0 spiro atoms. The Labute approximate surface area is 98.3 Å². The maximum Gasteiger partial charge on any atom is 0.164 e. The predicted molar refractivity (Wildman–Crippen MR) is 59.3 cm³/mol. The first-order valence-electron chi connectivity index (χ1n) is 4.66. The molecule has 0 unspecified atom stereocenters. The second-order valence-electron chi connectivity index (χ2n) is 3.22. The lowest BCUT2D eigenvalue weighted by atomic mass is 10.3. The molecule has 0 aromatic heterocycles. The van der Waals surface area contributed by atoms with E-state index < -0.39 is 21.5 Å². The standard InChI is InChI=1S/C11H10F2O3S/c1-2-6-17(14,15)7-5-16-9-3-4-10(12)11(13)8-9/h1,3-4,8H,5-7H2. The average molecular weight is 260 g/mol. The van der Waals surface area contributed by atoms with Crippen molar-refractivity contribution in [3.05, 3.63) is 29.8 Å². The first-order chi connectivity index (χ1) is 7.94. The normalized spacial score (nSPS) is 10.9. The highest BCUT2D eigenvalue weighted by Crippen LogP contribution is 2.15. The Morgan fingerprint density at radius 1 is 1.29 bits per heavy atom. The van der Waals surface area contributed by atoms with Crippen molar-refractivity contribution in [3.63, 3.8) is 0 Å². The molecule has 0 bridgehead atoms. The number of hydrogen-bond acceptors (Lipinski definition) is 3. The first kappa shape index (κ1) is 13.5. The fourth-order valence-corrected chi connectivity index (χ4v) is 1.79. The molecule has 0 radical (unpaired) electrons. The van der Waals surface area contributed by atoms with Crippen molar-refractivity contribution < 1.29 is 21.9 Å². The number of halogens is 2. The molecule has 0 fully saturated rings. The summed E-state index contributed by atoms with van der Waals surface area (Å²) in [5, 5.41) is 0. The summed E-state index contributed by atoms with van der Waals surface area (Å²) in [5.74, 6) is -0.581. The van der Waals surface area contributed by atoms with Crippen molar-refractivity contribution >= 4 is 9.84 Å². The Morgan fingerprint density at radius 3 is 2.59 bits per heavy atom. The van der Waals surface area contributed by atoms with Gasteiger partial charge in [-0.25, -0.2) is 17.2 Å². The fourth-order valence-electron chi connectivity index (χ4n) is 1.05. The van der Waals surface area contributed by atoms with Crippen LogP contribution in [-0.2, 0) is 9.84 Å². The Morgan fingerprint density at radius 2 is 2.00 bits per heavy atom. The molecule has 0 aliphatic carbocycles. The van der Waals surface area contributed by atoms with E-state index >= 15 is 0 Å². The van der Waals surface area contributed by atoms with E-state index in [1.165, 1.54) is 6.07 Å². The molecule has 0 saturated carbocycles. The third-order valence-electron chi connectivity index (χ3n) is 1.86. The summed E-state index contributed by atoms with van der Waals surface area (Å²) < 4.78 is 52.7. The van der Waals surface area contributed by atoms with Crippen LogP contribution in [0.4, 0.5) is 8.78 Å². The van der Waals surface area contributed by atoms with Gasteiger partial charge in [-0.3, -0.25) is 0 Å². The lowest BCUT2D eigenvalue weighted by Gasteiger charge is -2.06. The van der Waals surface area contributed by atoms with Gasteiger partial charge in [-0.1, -0.05) is 5.92 Å². The van der Waals surface area contributed by atoms with Crippen LogP contribution in [0.2, 0.25) is 0 Å². The molecule has 0 aliphatic rings. The van der Waals surface area contributed by atoms with Crippen molar-refractivity contribution in [3.8, 4) is 18.1 Å². The number of terminal acetylenes is 1. The Kier molecular flexibility index (Phi) is 4.46. The van der Waals surface area contributed by atoms with Gasteiger partial charge in [0.05, 0.1) is 5.75 Å². The van der Waals surface area contributed by atoms with E-state index in [9.17, 15) is 17.2 Å². The van der Waals surface area contributed by atoms with Gasteiger partial charge in [0, 0.05) is 6.07 Å². The molecular weight excluding hydrogens is 250 g/mol. The van der Waals surface area contributed by atoms with Crippen LogP contribution >= 0.6 is 0 Å². The van der Waals surface area contributed by atoms with Crippen molar-refractivity contribution in [2.75, 3.05) is 18.1 Å². The van der Waals surface area contributed by atoms with Crippen LogP contribution in [0.3, 0.4) is 0 Å². The highest BCUT2D eigenvalue weighted by molar-refractivity contribution is 7.91. The van der Waals surface area contributed by atoms with Crippen LogP contribution in [0.15, 0.2) is 18.2 Å². The lowest BCUT2D eigenvalue weighted by molar-refractivity contribution is 0.337. The van der Waals surface area contributed by atoms with Crippen LogP contribution in [0.25, 0.3) is 0 Å². The molecule has 0 aliphatic heterocycles. The third-order valence-corrected chi connectivity index (χ3v) is 3.25. The third kappa shape index (κ3) is 4.41. The van der Waals surface area contributed by atoms with Crippen molar-refractivity contribution in [2.45, 2.75) is 0 Å². The molecule has 1 aromatic carbocycles. The van der Waals surface area contributed by atoms with Gasteiger partial charge in [-0.15, -0.1) is 6.42 Å². The largest absolute Gasteiger partial charge is 0.492 e. The maximum absolute atomic E-state index is 12.8. The van der Waals surface area contributed by atoms with E-state index in [1.54, 1.807) is 0 Å². The van der Waals surface area contributed by atoms with Crippen molar-refractivity contribution in [1.29, 1.82) is 0 Å². The van der Waals surface area contributed by atoms with E-state index in [-0.39, 0.29) is 23.9 Å². The van der Waals surface area contributed by atoms with Crippen molar-refractivity contribution in [1.82, 2.24) is 0 Å². The predicted octanol–water partition coefficient (Wildman–Crippen LogP) is 1.39. The summed E-state index contributed by atoms with van der Waals surface area (Å²) in [6, 6.07) is 2.97. The minimum absolute atomic E-state index is 0.0693. The Balaban J connectivity index is 2.52. The second-order valence-corrected chi connectivity index (χ2v) is 5.40. The SMILES string of the molecule is C#CCS(=O)(=O)CCOc1ccc(F)c(F)c1.